The van der Waals surface area contributed by atoms with E-state index in [0.29, 0.717) is 5.69 Å². The first-order valence-corrected chi connectivity index (χ1v) is 5.93. The Bertz CT molecular complexity index is 567. The van der Waals surface area contributed by atoms with E-state index in [9.17, 15) is 9.18 Å². The van der Waals surface area contributed by atoms with Crippen LogP contribution in [0.25, 0.3) is 0 Å². The second-order valence-electron chi connectivity index (χ2n) is 4.26. The van der Waals surface area contributed by atoms with Crippen molar-refractivity contribution >= 4 is 17.3 Å². The average molecular weight is 262 g/mol. The van der Waals surface area contributed by atoms with Gasteiger partial charge < -0.3 is 15.1 Å². The first-order chi connectivity index (χ1) is 9.06. The van der Waals surface area contributed by atoms with Gasteiger partial charge in [0, 0.05) is 12.6 Å². The van der Waals surface area contributed by atoms with Gasteiger partial charge in [-0.05, 0) is 37.3 Å². The van der Waals surface area contributed by atoms with E-state index in [-0.39, 0.29) is 17.6 Å². The summed E-state index contributed by atoms with van der Waals surface area (Å²) in [5.74, 6) is 0.00642. The fraction of sp³-hybridized carbons (Fsp3) is 0.214. The van der Waals surface area contributed by atoms with Crippen LogP contribution >= 0.6 is 0 Å². The van der Waals surface area contributed by atoms with Crippen LogP contribution in [0, 0.1) is 5.82 Å². The molecular formula is C14H15FN2O2. The maximum atomic E-state index is 13.5. The molecule has 0 bridgehead atoms. The van der Waals surface area contributed by atoms with Gasteiger partial charge >= 0.3 is 0 Å². The molecule has 19 heavy (non-hydrogen) atoms. The van der Waals surface area contributed by atoms with Gasteiger partial charge in [0.15, 0.2) is 0 Å². The van der Waals surface area contributed by atoms with Crippen molar-refractivity contribution in [3.63, 3.8) is 0 Å². The van der Waals surface area contributed by atoms with E-state index in [0.717, 1.165) is 5.76 Å². The Labute approximate surface area is 110 Å². The Balaban J connectivity index is 2.14. The number of halogens is 1. The van der Waals surface area contributed by atoms with Crippen LogP contribution in [-0.4, -0.2) is 5.91 Å². The largest absolute Gasteiger partial charge is 0.467 e. The number of amides is 1. The fourth-order valence-corrected chi connectivity index (χ4v) is 1.76. The molecule has 2 rings (SSSR count). The predicted octanol–water partition coefficient (Wildman–Crippen LogP) is 3.55. The van der Waals surface area contributed by atoms with Crippen molar-refractivity contribution in [2.45, 2.75) is 19.9 Å². The second-order valence-corrected chi connectivity index (χ2v) is 4.26. The third-order valence-electron chi connectivity index (χ3n) is 2.63. The Hall–Kier alpha value is -2.30. The number of rotatable bonds is 4. The molecule has 5 heteroatoms. The number of anilines is 2. The van der Waals surface area contributed by atoms with Crippen molar-refractivity contribution in [2.75, 3.05) is 10.6 Å². The highest BCUT2D eigenvalue weighted by atomic mass is 19.1. The lowest BCUT2D eigenvalue weighted by Gasteiger charge is -2.14. The maximum Gasteiger partial charge on any atom is 0.221 e. The van der Waals surface area contributed by atoms with Crippen LogP contribution in [0.15, 0.2) is 41.0 Å². The lowest BCUT2D eigenvalue weighted by molar-refractivity contribution is -0.114. The molecule has 1 aromatic heterocycles. The van der Waals surface area contributed by atoms with E-state index < -0.39 is 5.82 Å². The number of benzene rings is 1. The fourth-order valence-electron chi connectivity index (χ4n) is 1.76. The zero-order chi connectivity index (χ0) is 13.8. The van der Waals surface area contributed by atoms with Crippen LogP contribution < -0.4 is 10.6 Å². The number of furan rings is 1. The Kier molecular flexibility index (Phi) is 3.85. The first-order valence-electron chi connectivity index (χ1n) is 5.93. The van der Waals surface area contributed by atoms with Gasteiger partial charge in [0.25, 0.3) is 0 Å². The number of hydrogen-bond acceptors (Lipinski definition) is 3. The molecule has 0 fully saturated rings. The molecule has 0 saturated heterocycles. The third-order valence-corrected chi connectivity index (χ3v) is 2.63. The topological polar surface area (TPSA) is 54.3 Å². The van der Waals surface area contributed by atoms with E-state index in [1.807, 2.05) is 13.0 Å². The average Bonchev–Trinajstić information content (AvgIpc) is 2.86. The number of nitrogens with one attached hydrogen (secondary N) is 2. The van der Waals surface area contributed by atoms with Crippen LogP contribution in [0.3, 0.4) is 0 Å². The molecule has 0 aliphatic rings. The van der Waals surface area contributed by atoms with Crippen molar-refractivity contribution in [3.05, 3.63) is 48.2 Å². The Morgan fingerprint density at radius 1 is 1.37 bits per heavy atom. The van der Waals surface area contributed by atoms with Crippen molar-refractivity contribution in [3.8, 4) is 0 Å². The molecule has 1 amide bonds. The summed E-state index contributed by atoms with van der Waals surface area (Å²) in [6, 6.07) is 8.08. The summed E-state index contributed by atoms with van der Waals surface area (Å²) in [5.41, 5.74) is 0.859. The van der Waals surface area contributed by atoms with Gasteiger partial charge in [0.2, 0.25) is 5.91 Å². The van der Waals surface area contributed by atoms with Gasteiger partial charge in [-0.3, -0.25) is 4.79 Å². The van der Waals surface area contributed by atoms with Crippen molar-refractivity contribution in [2.24, 2.45) is 0 Å². The zero-order valence-corrected chi connectivity index (χ0v) is 10.7. The number of hydrogen-bond donors (Lipinski definition) is 2. The van der Waals surface area contributed by atoms with Gasteiger partial charge in [-0.2, -0.15) is 0 Å². The minimum absolute atomic E-state index is 0.0503. The molecule has 0 aliphatic carbocycles. The zero-order valence-electron chi connectivity index (χ0n) is 10.7. The Morgan fingerprint density at radius 2 is 2.16 bits per heavy atom. The predicted molar refractivity (Wildman–Crippen MR) is 71.4 cm³/mol. The van der Waals surface area contributed by atoms with E-state index in [1.54, 1.807) is 24.5 Å². The smallest absolute Gasteiger partial charge is 0.221 e. The summed E-state index contributed by atoms with van der Waals surface area (Å²) in [6.45, 7) is 3.27. The highest BCUT2D eigenvalue weighted by Crippen LogP contribution is 2.24. The van der Waals surface area contributed by atoms with Crippen LogP contribution in [0.5, 0.6) is 0 Å². The van der Waals surface area contributed by atoms with Crippen LogP contribution in [0.1, 0.15) is 25.6 Å². The molecule has 0 aliphatic heterocycles. The molecule has 0 radical (unpaired) electrons. The molecule has 2 N–H and O–H groups in total. The van der Waals surface area contributed by atoms with Gasteiger partial charge in [-0.25, -0.2) is 4.39 Å². The summed E-state index contributed by atoms with van der Waals surface area (Å²) in [5, 5.41) is 5.62. The number of carbonyl (C=O) groups excluding carboxylic acids is 1. The normalized spacial score (nSPS) is 11.9. The monoisotopic (exact) mass is 262 g/mol. The number of carbonyl (C=O) groups is 1. The summed E-state index contributed by atoms with van der Waals surface area (Å²) in [7, 11) is 0. The summed E-state index contributed by atoms with van der Waals surface area (Å²) in [4.78, 5) is 11.0. The second kappa shape index (κ2) is 5.56. The Morgan fingerprint density at radius 3 is 2.79 bits per heavy atom. The highest BCUT2D eigenvalue weighted by molar-refractivity contribution is 5.89. The summed E-state index contributed by atoms with van der Waals surface area (Å²) >= 11 is 0. The summed E-state index contributed by atoms with van der Waals surface area (Å²) in [6.07, 6.45) is 1.60. The van der Waals surface area contributed by atoms with E-state index in [1.165, 1.54) is 13.0 Å². The maximum absolute atomic E-state index is 13.5. The van der Waals surface area contributed by atoms with E-state index in [4.69, 9.17) is 4.42 Å². The van der Waals surface area contributed by atoms with Gasteiger partial charge in [-0.1, -0.05) is 0 Å². The van der Waals surface area contributed by atoms with Crippen molar-refractivity contribution in [1.82, 2.24) is 0 Å². The van der Waals surface area contributed by atoms with Gasteiger partial charge in [0.05, 0.1) is 18.0 Å². The highest BCUT2D eigenvalue weighted by Gasteiger charge is 2.10. The molecule has 1 heterocycles. The van der Waals surface area contributed by atoms with E-state index in [2.05, 4.69) is 10.6 Å². The standard InChI is InChI=1S/C14H15FN2O2/c1-9(14-4-3-7-19-14)16-11-5-6-12(15)13(8-11)17-10(2)18/h3-9,16H,1-2H3,(H,17,18). The van der Waals surface area contributed by atoms with Gasteiger partial charge in [-0.15, -0.1) is 0 Å². The lowest BCUT2D eigenvalue weighted by atomic mass is 10.2. The summed E-state index contributed by atoms with van der Waals surface area (Å²) < 4.78 is 18.8. The first kappa shape index (κ1) is 13.1. The molecule has 100 valence electrons. The van der Waals surface area contributed by atoms with Crippen molar-refractivity contribution in [1.29, 1.82) is 0 Å². The molecule has 1 atom stereocenters. The molecule has 2 aromatic rings. The van der Waals surface area contributed by atoms with Gasteiger partial charge in [0.1, 0.15) is 11.6 Å². The molecular weight excluding hydrogens is 247 g/mol. The van der Waals surface area contributed by atoms with Crippen LogP contribution in [0.4, 0.5) is 15.8 Å². The SMILES string of the molecule is CC(=O)Nc1cc(NC(C)c2ccco2)ccc1F. The minimum atomic E-state index is -0.466. The quantitative estimate of drug-likeness (QED) is 0.886. The molecule has 0 spiro atoms. The van der Waals surface area contributed by atoms with Crippen molar-refractivity contribution < 1.29 is 13.6 Å². The van der Waals surface area contributed by atoms with Crippen LogP contribution in [0.2, 0.25) is 0 Å². The molecule has 1 aromatic carbocycles. The van der Waals surface area contributed by atoms with Crippen LogP contribution in [-0.2, 0) is 4.79 Å². The molecule has 4 nitrogen and oxygen atoms in total. The van der Waals surface area contributed by atoms with E-state index >= 15 is 0 Å². The minimum Gasteiger partial charge on any atom is -0.467 e. The lowest BCUT2D eigenvalue weighted by Crippen LogP contribution is -2.09. The molecule has 0 saturated carbocycles. The molecule has 1 unspecified atom stereocenters. The third kappa shape index (κ3) is 3.34.